The van der Waals surface area contributed by atoms with Gasteiger partial charge in [0.2, 0.25) is 10.0 Å². The number of rotatable bonds is 10. The summed E-state index contributed by atoms with van der Waals surface area (Å²) in [6.07, 6.45) is 6.26. The molecule has 5 rings (SSSR count). The Labute approximate surface area is 205 Å². The van der Waals surface area contributed by atoms with Crippen LogP contribution in [-0.2, 0) is 14.8 Å². The lowest BCUT2D eigenvalue weighted by Gasteiger charge is -2.67. The van der Waals surface area contributed by atoms with Crippen molar-refractivity contribution in [1.82, 2.24) is 4.31 Å². The minimum absolute atomic E-state index is 0.0754. The lowest BCUT2D eigenvalue weighted by atomic mass is 9.49. The van der Waals surface area contributed by atoms with E-state index in [1.165, 1.54) is 7.11 Å². The van der Waals surface area contributed by atoms with Gasteiger partial charge < -0.3 is 14.4 Å². The Hall–Kier alpha value is -0.803. The summed E-state index contributed by atoms with van der Waals surface area (Å²) in [6.45, 7) is 10.4. The monoisotopic (exact) mass is 514 g/mol. The van der Waals surface area contributed by atoms with Gasteiger partial charge in [-0.15, -0.1) is 0 Å². The molecule has 9 heteroatoms. The van der Waals surface area contributed by atoms with Crippen LogP contribution < -0.4 is 9.64 Å². The van der Waals surface area contributed by atoms with E-state index in [9.17, 15) is 8.42 Å². The van der Waals surface area contributed by atoms with Gasteiger partial charge in [-0.25, -0.2) is 8.42 Å². The first kappa shape index (κ1) is 25.3. The number of nitrogens with zero attached hydrogens (tertiary/aromatic N) is 2. The number of methoxy groups -OCH3 is 1. The van der Waals surface area contributed by atoms with Gasteiger partial charge in [0.15, 0.2) is 0 Å². The third-order valence-corrected chi connectivity index (χ3v) is 11.5. The van der Waals surface area contributed by atoms with Crippen molar-refractivity contribution >= 4 is 35.4 Å². The molecular weight excluding hydrogens is 476 g/mol. The molecule has 4 aliphatic rings. The molecule has 0 N–H and O–H groups in total. The van der Waals surface area contributed by atoms with Gasteiger partial charge in [-0.05, 0) is 43.7 Å². The zero-order chi connectivity index (χ0) is 24.0. The number of hydrogen-bond acceptors (Lipinski definition) is 5. The Kier molecular flexibility index (Phi) is 7.16. The van der Waals surface area contributed by atoms with E-state index in [1.807, 2.05) is 0 Å². The summed E-state index contributed by atoms with van der Waals surface area (Å²) in [7, 11) is -3.52. The van der Waals surface area contributed by atoms with Crippen molar-refractivity contribution in [3.8, 4) is 5.75 Å². The van der Waals surface area contributed by atoms with Crippen molar-refractivity contribution in [1.29, 1.82) is 0 Å². The van der Waals surface area contributed by atoms with Crippen LogP contribution in [0.1, 0.15) is 45.4 Å². The van der Waals surface area contributed by atoms with E-state index < -0.39 is 18.1 Å². The van der Waals surface area contributed by atoms with E-state index in [0.717, 1.165) is 56.2 Å². The second kappa shape index (κ2) is 9.34. The average molecular weight is 515 g/mol. The SMILES string of the molecule is CCCC[C@@H]1CN(C23CC(C2)C3)c2cc(Cl)c(OC)cc2S(=O)(=O)N1COCC[Si](C)(C)C. The molecule has 3 saturated carbocycles. The molecule has 0 aromatic heterocycles. The Balaban J connectivity index is 1.72. The standard InChI is InChI=1S/C24H39ClN2O4SSi/c1-6-7-8-19-16-26(24-13-18(14-24)15-24)21-11-20(25)22(30-2)12-23(21)32(28,29)27(19)17-31-9-10-33(3,4)5/h11-12,18-19H,6-10,13-17H2,1-5H3/t18?,19-,24?/m1/s1. The molecule has 1 aromatic rings. The Morgan fingerprint density at radius 2 is 1.91 bits per heavy atom. The van der Waals surface area contributed by atoms with Crippen LogP contribution in [0.3, 0.4) is 0 Å². The highest BCUT2D eigenvalue weighted by molar-refractivity contribution is 7.89. The van der Waals surface area contributed by atoms with Crippen molar-refractivity contribution in [3.05, 3.63) is 17.2 Å². The van der Waals surface area contributed by atoms with E-state index in [-0.39, 0.29) is 18.3 Å². The second-order valence-corrected chi connectivity index (χ2v) is 19.2. The number of fused-ring (bicyclic) bond motifs is 1. The molecule has 2 bridgehead atoms. The number of ether oxygens (including phenoxy) is 2. The normalized spacial score (nSPS) is 28.5. The quantitative estimate of drug-likeness (QED) is 0.301. The maximum Gasteiger partial charge on any atom is 0.247 e. The third-order valence-electron chi connectivity index (χ3n) is 7.60. The highest BCUT2D eigenvalue weighted by Crippen LogP contribution is 2.62. The predicted molar refractivity (Wildman–Crippen MR) is 137 cm³/mol. The van der Waals surface area contributed by atoms with Gasteiger partial charge in [-0.2, -0.15) is 4.31 Å². The molecule has 0 amide bonds. The highest BCUT2D eigenvalue weighted by Gasteiger charge is 2.61. The van der Waals surface area contributed by atoms with Crippen LogP contribution >= 0.6 is 11.6 Å². The first-order valence-electron chi connectivity index (χ1n) is 12.3. The van der Waals surface area contributed by atoms with E-state index >= 15 is 0 Å². The smallest absolute Gasteiger partial charge is 0.247 e. The molecule has 1 atom stereocenters. The van der Waals surface area contributed by atoms with Crippen LogP contribution in [0.4, 0.5) is 5.69 Å². The largest absolute Gasteiger partial charge is 0.495 e. The van der Waals surface area contributed by atoms with Gasteiger partial charge in [-0.1, -0.05) is 51.0 Å². The van der Waals surface area contributed by atoms with Crippen LogP contribution in [0.15, 0.2) is 17.0 Å². The minimum Gasteiger partial charge on any atom is -0.495 e. The fourth-order valence-electron chi connectivity index (χ4n) is 5.42. The van der Waals surface area contributed by atoms with Gasteiger partial charge >= 0.3 is 0 Å². The molecule has 3 fully saturated rings. The third kappa shape index (κ3) is 4.83. The summed E-state index contributed by atoms with van der Waals surface area (Å²) in [6, 6.07) is 4.30. The number of benzene rings is 1. The summed E-state index contributed by atoms with van der Waals surface area (Å²) in [5.74, 6) is 1.18. The highest BCUT2D eigenvalue weighted by atomic mass is 35.5. The van der Waals surface area contributed by atoms with Crippen LogP contribution in [-0.4, -0.2) is 59.4 Å². The first-order valence-corrected chi connectivity index (χ1v) is 17.8. The summed E-state index contributed by atoms with van der Waals surface area (Å²) < 4.78 is 41.2. The molecule has 0 spiro atoms. The van der Waals surface area contributed by atoms with Gasteiger partial charge in [0, 0.05) is 38.9 Å². The zero-order valence-corrected chi connectivity index (χ0v) is 23.3. The van der Waals surface area contributed by atoms with Crippen LogP contribution in [0.5, 0.6) is 5.75 Å². The molecule has 0 saturated heterocycles. The lowest BCUT2D eigenvalue weighted by molar-refractivity contribution is -0.0289. The molecule has 6 nitrogen and oxygen atoms in total. The summed E-state index contributed by atoms with van der Waals surface area (Å²) >= 11 is 6.52. The summed E-state index contributed by atoms with van der Waals surface area (Å²) in [5, 5.41) is 0.452. The van der Waals surface area contributed by atoms with Crippen molar-refractivity contribution < 1.29 is 17.9 Å². The lowest BCUT2D eigenvalue weighted by Crippen LogP contribution is -2.69. The second-order valence-electron chi connectivity index (χ2n) is 11.3. The molecule has 3 aliphatic carbocycles. The topological polar surface area (TPSA) is 59.1 Å². The van der Waals surface area contributed by atoms with Crippen molar-refractivity contribution in [2.45, 2.75) is 87.6 Å². The zero-order valence-electron chi connectivity index (χ0n) is 20.7. The van der Waals surface area contributed by atoms with Crippen molar-refractivity contribution in [2.24, 2.45) is 5.92 Å². The number of sulfonamides is 1. The summed E-state index contributed by atoms with van der Waals surface area (Å²) in [4.78, 5) is 2.66. The molecule has 0 unspecified atom stereocenters. The van der Waals surface area contributed by atoms with Crippen LogP contribution in [0.25, 0.3) is 0 Å². The molecule has 1 aromatic carbocycles. The average Bonchev–Trinajstić information content (AvgIpc) is 2.74. The minimum atomic E-state index is -3.78. The van der Waals surface area contributed by atoms with Crippen LogP contribution in [0.2, 0.25) is 30.7 Å². The fourth-order valence-corrected chi connectivity index (χ4v) is 8.13. The first-order chi connectivity index (χ1) is 15.5. The van der Waals surface area contributed by atoms with Gasteiger partial charge in [-0.3, -0.25) is 0 Å². The molecule has 33 heavy (non-hydrogen) atoms. The van der Waals surface area contributed by atoms with E-state index in [4.69, 9.17) is 21.1 Å². The Morgan fingerprint density at radius 3 is 2.45 bits per heavy atom. The van der Waals surface area contributed by atoms with Crippen molar-refractivity contribution in [3.63, 3.8) is 0 Å². The van der Waals surface area contributed by atoms with Gasteiger partial charge in [0.25, 0.3) is 0 Å². The van der Waals surface area contributed by atoms with Crippen molar-refractivity contribution in [2.75, 3.05) is 31.9 Å². The molecule has 186 valence electrons. The Bertz CT molecular complexity index is 964. The number of anilines is 1. The number of hydrogen-bond donors (Lipinski definition) is 0. The molecule has 0 radical (unpaired) electrons. The molecule has 1 heterocycles. The maximum absolute atomic E-state index is 14.1. The van der Waals surface area contributed by atoms with E-state index in [0.29, 0.717) is 28.8 Å². The predicted octanol–water partition coefficient (Wildman–Crippen LogP) is 5.58. The summed E-state index contributed by atoms with van der Waals surface area (Å²) in [5.41, 5.74) is 0.802. The molecular formula is C24H39ClN2O4SSi. The van der Waals surface area contributed by atoms with Crippen LogP contribution in [0, 0.1) is 5.92 Å². The van der Waals surface area contributed by atoms with E-state index in [2.05, 4.69) is 31.5 Å². The Morgan fingerprint density at radius 1 is 1.21 bits per heavy atom. The number of unbranched alkanes of at least 4 members (excludes halogenated alkanes) is 1. The van der Waals surface area contributed by atoms with Gasteiger partial charge in [0.05, 0.1) is 17.8 Å². The molecule has 1 aliphatic heterocycles. The number of halogens is 1. The van der Waals surface area contributed by atoms with Gasteiger partial charge in [0.1, 0.15) is 17.4 Å². The fraction of sp³-hybridized carbons (Fsp3) is 0.750. The maximum atomic E-state index is 14.1. The van der Waals surface area contributed by atoms with E-state index in [1.54, 1.807) is 16.4 Å².